The fraction of sp³-hybridized carbons (Fsp3) is 0.400. The van der Waals surface area contributed by atoms with Gasteiger partial charge in [-0.05, 0) is 59.4 Å². The van der Waals surface area contributed by atoms with Gasteiger partial charge < -0.3 is 0 Å². The zero-order chi connectivity index (χ0) is 14.1. The van der Waals surface area contributed by atoms with Gasteiger partial charge in [0.2, 0.25) is 0 Å². The maximum absolute atomic E-state index is 2.36. The summed E-state index contributed by atoms with van der Waals surface area (Å²) in [6, 6.07) is 15.8. The summed E-state index contributed by atoms with van der Waals surface area (Å²) in [7, 11) is 0. The largest absolute Gasteiger partial charge is 0.0620 e. The van der Waals surface area contributed by atoms with Gasteiger partial charge in [-0.2, -0.15) is 0 Å². The highest BCUT2D eigenvalue weighted by molar-refractivity contribution is 5.75. The second kappa shape index (κ2) is 5.44. The number of aryl methyl sites for hydroxylation is 1. The summed E-state index contributed by atoms with van der Waals surface area (Å²) < 4.78 is 0. The predicted molar refractivity (Wildman–Crippen MR) is 87.3 cm³/mol. The lowest BCUT2D eigenvalue weighted by molar-refractivity contribution is 0.420. The summed E-state index contributed by atoms with van der Waals surface area (Å²) in [5, 5.41) is 0. The third-order valence-corrected chi connectivity index (χ3v) is 4.71. The zero-order valence-electron chi connectivity index (χ0n) is 12.8. The van der Waals surface area contributed by atoms with E-state index >= 15 is 0 Å². The van der Waals surface area contributed by atoms with Crippen LogP contribution in [-0.4, -0.2) is 0 Å². The molecule has 0 unspecified atom stereocenters. The van der Waals surface area contributed by atoms with Crippen LogP contribution in [0.3, 0.4) is 0 Å². The molecule has 0 heteroatoms. The molecule has 0 N–H and O–H groups in total. The van der Waals surface area contributed by atoms with Gasteiger partial charge in [-0.1, -0.05) is 62.7 Å². The molecular weight excluding hydrogens is 240 g/mol. The Kier molecular flexibility index (Phi) is 3.65. The SMILES string of the molecule is Cc1ccccc1-c1c(C(C)C)cccc1C1CCC1. The van der Waals surface area contributed by atoms with Crippen LogP contribution >= 0.6 is 0 Å². The standard InChI is InChI=1S/C20H24/c1-14(2)17-12-7-13-19(16-9-6-10-16)20(17)18-11-5-4-8-15(18)3/h4-5,7-8,11-14,16H,6,9-10H2,1-3H3. The summed E-state index contributed by atoms with van der Waals surface area (Å²) >= 11 is 0. The maximum Gasteiger partial charge on any atom is -0.0112 e. The fourth-order valence-corrected chi connectivity index (χ4v) is 3.29. The number of benzene rings is 2. The molecule has 104 valence electrons. The van der Waals surface area contributed by atoms with Gasteiger partial charge >= 0.3 is 0 Å². The van der Waals surface area contributed by atoms with Gasteiger partial charge in [0.15, 0.2) is 0 Å². The van der Waals surface area contributed by atoms with E-state index < -0.39 is 0 Å². The average molecular weight is 264 g/mol. The third-order valence-electron chi connectivity index (χ3n) is 4.71. The van der Waals surface area contributed by atoms with E-state index in [0.29, 0.717) is 5.92 Å². The van der Waals surface area contributed by atoms with Crippen molar-refractivity contribution in [1.29, 1.82) is 0 Å². The van der Waals surface area contributed by atoms with Crippen molar-refractivity contribution < 1.29 is 0 Å². The molecule has 1 aliphatic rings. The Morgan fingerprint density at radius 3 is 2.30 bits per heavy atom. The van der Waals surface area contributed by atoms with Gasteiger partial charge in [0.25, 0.3) is 0 Å². The number of rotatable bonds is 3. The molecule has 0 atom stereocenters. The molecule has 1 fully saturated rings. The Labute approximate surface area is 122 Å². The van der Waals surface area contributed by atoms with E-state index in [-0.39, 0.29) is 0 Å². The van der Waals surface area contributed by atoms with Crippen LogP contribution in [0, 0.1) is 6.92 Å². The molecule has 0 nitrogen and oxygen atoms in total. The predicted octanol–water partition coefficient (Wildman–Crippen LogP) is 6.05. The van der Waals surface area contributed by atoms with Crippen molar-refractivity contribution in [1.82, 2.24) is 0 Å². The summed E-state index contributed by atoms with van der Waals surface area (Å²) in [6.07, 6.45) is 4.12. The minimum atomic E-state index is 0.574. The van der Waals surface area contributed by atoms with Crippen LogP contribution in [0.5, 0.6) is 0 Å². The Balaban J connectivity index is 2.22. The van der Waals surface area contributed by atoms with Crippen LogP contribution in [0.2, 0.25) is 0 Å². The van der Waals surface area contributed by atoms with Crippen LogP contribution in [0.15, 0.2) is 42.5 Å². The van der Waals surface area contributed by atoms with E-state index in [1.807, 2.05) is 0 Å². The molecule has 0 saturated heterocycles. The lowest BCUT2D eigenvalue weighted by Crippen LogP contribution is -2.11. The number of hydrogen-bond acceptors (Lipinski definition) is 0. The minimum absolute atomic E-state index is 0.574. The Morgan fingerprint density at radius 1 is 0.950 bits per heavy atom. The van der Waals surface area contributed by atoms with Gasteiger partial charge in [0, 0.05) is 0 Å². The van der Waals surface area contributed by atoms with Crippen LogP contribution in [0.4, 0.5) is 0 Å². The summed E-state index contributed by atoms with van der Waals surface area (Å²) in [4.78, 5) is 0. The molecule has 0 amide bonds. The van der Waals surface area contributed by atoms with Gasteiger partial charge in [-0.3, -0.25) is 0 Å². The average Bonchev–Trinajstić information content (AvgIpc) is 2.37. The van der Waals surface area contributed by atoms with E-state index in [9.17, 15) is 0 Å². The van der Waals surface area contributed by atoms with Gasteiger partial charge in [0.1, 0.15) is 0 Å². The molecule has 1 aliphatic carbocycles. The topological polar surface area (TPSA) is 0 Å². The number of hydrogen-bond donors (Lipinski definition) is 0. The highest BCUT2D eigenvalue weighted by Gasteiger charge is 2.25. The Bertz CT molecular complexity index is 603. The van der Waals surface area contributed by atoms with E-state index in [0.717, 1.165) is 5.92 Å². The van der Waals surface area contributed by atoms with Crippen LogP contribution in [0.1, 0.15) is 61.6 Å². The molecule has 0 radical (unpaired) electrons. The van der Waals surface area contributed by atoms with Crippen LogP contribution < -0.4 is 0 Å². The van der Waals surface area contributed by atoms with E-state index in [2.05, 4.69) is 63.2 Å². The Hall–Kier alpha value is -1.56. The molecule has 0 bridgehead atoms. The molecular formula is C20H24. The van der Waals surface area contributed by atoms with Crippen LogP contribution in [0.25, 0.3) is 11.1 Å². The molecule has 0 aliphatic heterocycles. The van der Waals surface area contributed by atoms with Crippen LogP contribution in [-0.2, 0) is 0 Å². The summed E-state index contributed by atoms with van der Waals surface area (Å²) in [5.74, 6) is 1.35. The second-order valence-corrected chi connectivity index (χ2v) is 6.41. The first-order valence-electron chi connectivity index (χ1n) is 7.87. The van der Waals surface area contributed by atoms with Gasteiger partial charge in [-0.15, -0.1) is 0 Å². The van der Waals surface area contributed by atoms with Crippen molar-refractivity contribution in [2.45, 2.75) is 51.9 Å². The van der Waals surface area contributed by atoms with Gasteiger partial charge in [0.05, 0.1) is 0 Å². The van der Waals surface area contributed by atoms with Crippen molar-refractivity contribution >= 4 is 0 Å². The summed E-state index contributed by atoms with van der Waals surface area (Å²) in [5.41, 5.74) is 7.42. The lowest BCUT2D eigenvalue weighted by atomic mass is 9.74. The molecule has 0 spiro atoms. The molecule has 1 saturated carbocycles. The first-order chi connectivity index (χ1) is 9.68. The molecule has 2 aromatic rings. The van der Waals surface area contributed by atoms with Gasteiger partial charge in [-0.25, -0.2) is 0 Å². The highest BCUT2D eigenvalue weighted by atomic mass is 14.3. The van der Waals surface area contributed by atoms with E-state index in [4.69, 9.17) is 0 Å². The normalized spacial score (nSPS) is 15.4. The molecule has 0 aromatic heterocycles. The van der Waals surface area contributed by atoms with Crippen molar-refractivity contribution in [3.05, 3.63) is 59.2 Å². The maximum atomic E-state index is 2.36. The van der Waals surface area contributed by atoms with E-state index in [1.165, 1.54) is 41.5 Å². The smallest absolute Gasteiger partial charge is 0.0112 e. The summed E-state index contributed by atoms with van der Waals surface area (Å²) in [6.45, 7) is 6.85. The van der Waals surface area contributed by atoms with E-state index in [1.54, 1.807) is 5.56 Å². The second-order valence-electron chi connectivity index (χ2n) is 6.41. The van der Waals surface area contributed by atoms with Crippen molar-refractivity contribution in [3.63, 3.8) is 0 Å². The Morgan fingerprint density at radius 2 is 1.70 bits per heavy atom. The lowest BCUT2D eigenvalue weighted by Gasteiger charge is -2.30. The first-order valence-corrected chi connectivity index (χ1v) is 7.87. The monoisotopic (exact) mass is 264 g/mol. The first kappa shape index (κ1) is 13.4. The minimum Gasteiger partial charge on any atom is -0.0620 e. The van der Waals surface area contributed by atoms with Crippen molar-refractivity contribution in [2.24, 2.45) is 0 Å². The molecule has 3 rings (SSSR count). The zero-order valence-corrected chi connectivity index (χ0v) is 12.8. The molecule has 20 heavy (non-hydrogen) atoms. The molecule has 2 aromatic carbocycles. The highest BCUT2D eigenvalue weighted by Crippen LogP contribution is 2.44. The van der Waals surface area contributed by atoms with Crippen molar-refractivity contribution in [2.75, 3.05) is 0 Å². The molecule has 0 heterocycles. The quantitative estimate of drug-likeness (QED) is 0.632. The van der Waals surface area contributed by atoms with Crippen molar-refractivity contribution in [3.8, 4) is 11.1 Å². The third kappa shape index (κ3) is 2.28. The fourth-order valence-electron chi connectivity index (χ4n) is 3.29.